The predicted octanol–water partition coefficient (Wildman–Crippen LogP) is 2.43. The zero-order valence-electron chi connectivity index (χ0n) is 19.2. The second kappa shape index (κ2) is 8.67. The number of benzene rings is 1. The van der Waals surface area contributed by atoms with Crippen LogP contribution in [0.5, 0.6) is 0 Å². The summed E-state index contributed by atoms with van der Waals surface area (Å²) in [5.41, 5.74) is 1.30. The Balaban J connectivity index is 1.18. The van der Waals surface area contributed by atoms with Crippen LogP contribution in [-0.4, -0.2) is 71.5 Å². The molecule has 6 rings (SSSR count). The van der Waals surface area contributed by atoms with E-state index in [1.807, 2.05) is 35.2 Å². The van der Waals surface area contributed by atoms with Crippen molar-refractivity contribution in [3.8, 4) is 5.82 Å². The maximum Gasteiger partial charge on any atom is 0.295 e. The molecule has 0 spiro atoms. The lowest BCUT2D eigenvalue weighted by molar-refractivity contribution is -0.152. The number of ketones is 1. The minimum atomic E-state index is -0.795. The highest BCUT2D eigenvalue weighted by atomic mass is 19.1. The van der Waals surface area contributed by atoms with Gasteiger partial charge in [0.25, 0.3) is 11.7 Å². The van der Waals surface area contributed by atoms with E-state index in [1.165, 1.54) is 22.0 Å². The van der Waals surface area contributed by atoms with Crippen LogP contribution in [0, 0.1) is 5.82 Å². The van der Waals surface area contributed by atoms with Gasteiger partial charge in [0.15, 0.2) is 11.6 Å². The number of rotatable bonds is 5. The van der Waals surface area contributed by atoms with Gasteiger partial charge in [0, 0.05) is 25.3 Å². The first-order chi connectivity index (χ1) is 17.5. The lowest BCUT2D eigenvalue weighted by Crippen LogP contribution is -2.56. The molecular weight excluding hydrogens is 465 g/mol. The number of fused-ring (bicyclic) bond motifs is 1. The Morgan fingerprint density at radius 2 is 1.89 bits per heavy atom. The Bertz CT molecular complexity index is 1460. The van der Waals surface area contributed by atoms with Gasteiger partial charge in [0.2, 0.25) is 5.91 Å². The molecule has 0 radical (unpaired) electrons. The lowest BCUT2D eigenvalue weighted by atomic mass is 9.88. The van der Waals surface area contributed by atoms with E-state index in [0.29, 0.717) is 32.4 Å². The first kappa shape index (κ1) is 22.1. The van der Waals surface area contributed by atoms with E-state index in [0.717, 1.165) is 11.8 Å². The van der Waals surface area contributed by atoms with E-state index in [4.69, 9.17) is 0 Å². The molecule has 2 aliphatic heterocycles. The van der Waals surface area contributed by atoms with Crippen LogP contribution in [0.4, 0.5) is 4.39 Å². The highest BCUT2D eigenvalue weighted by Crippen LogP contribution is 2.38. The molecule has 4 aromatic rings. The van der Waals surface area contributed by atoms with Crippen LogP contribution < -0.4 is 0 Å². The quantitative estimate of drug-likeness (QED) is 0.263. The van der Waals surface area contributed by atoms with Crippen molar-refractivity contribution >= 4 is 28.5 Å². The average Bonchev–Trinajstić information content (AvgIpc) is 3.59. The number of halogens is 1. The van der Waals surface area contributed by atoms with E-state index in [2.05, 4.69) is 20.3 Å². The summed E-state index contributed by atoms with van der Waals surface area (Å²) in [4.78, 5) is 48.9. The molecule has 2 amide bonds. The zero-order valence-corrected chi connectivity index (χ0v) is 19.2. The monoisotopic (exact) mass is 487 g/mol. The SMILES string of the molecule is O=C(C(=O)N1CCC(N2C(=O)CC2c2ccccc2)CC1)c1c[nH]c2c(-n3ccnn3)ncc(F)c12. The molecule has 1 atom stereocenters. The van der Waals surface area contributed by atoms with Crippen molar-refractivity contribution in [3.63, 3.8) is 0 Å². The van der Waals surface area contributed by atoms with Crippen LogP contribution in [0.25, 0.3) is 16.7 Å². The number of hydrogen-bond acceptors (Lipinski definition) is 6. The molecule has 182 valence electrons. The molecule has 2 saturated heterocycles. The summed E-state index contributed by atoms with van der Waals surface area (Å²) in [5, 5.41) is 7.58. The predicted molar refractivity (Wildman–Crippen MR) is 126 cm³/mol. The van der Waals surface area contributed by atoms with Gasteiger partial charge in [0.05, 0.1) is 47.5 Å². The Morgan fingerprint density at radius 1 is 1.11 bits per heavy atom. The summed E-state index contributed by atoms with van der Waals surface area (Å²) in [6.07, 6.45) is 6.96. The number of nitrogens with zero attached hydrogens (tertiary/aromatic N) is 6. The normalized spacial score (nSPS) is 18.5. The summed E-state index contributed by atoms with van der Waals surface area (Å²) >= 11 is 0. The number of pyridine rings is 1. The molecule has 2 fully saturated rings. The molecule has 5 heterocycles. The number of likely N-dealkylation sites (tertiary alicyclic amines) is 2. The Morgan fingerprint density at radius 3 is 2.58 bits per heavy atom. The van der Waals surface area contributed by atoms with Gasteiger partial charge in [-0.3, -0.25) is 14.4 Å². The number of β-lactam (4-membered cyclic amide) rings is 1. The first-order valence-corrected chi connectivity index (χ1v) is 11.7. The van der Waals surface area contributed by atoms with Crippen molar-refractivity contribution in [2.24, 2.45) is 0 Å². The highest BCUT2D eigenvalue weighted by molar-refractivity contribution is 6.45. The van der Waals surface area contributed by atoms with E-state index >= 15 is 0 Å². The Labute approximate surface area is 204 Å². The molecule has 0 saturated carbocycles. The van der Waals surface area contributed by atoms with Crippen molar-refractivity contribution in [2.75, 3.05) is 13.1 Å². The van der Waals surface area contributed by atoms with Crippen LogP contribution in [0.2, 0.25) is 0 Å². The van der Waals surface area contributed by atoms with Gasteiger partial charge >= 0.3 is 0 Å². The van der Waals surface area contributed by atoms with Crippen molar-refractivity contribution in [2.45, 2.75) is 31.3 Å². The fourth-order valence-electron chi connectivity index (χ4n) is 5.22. The van der Waals surface area contributed by atoms with Crippen LogP contribution in [0.3, 0.4) is 0 Å². The van der Waals surface area contributed by atoms with Gasteiger partial charge in [-0.05, 0) is 18.4 Å². The molecule has 1 N–H and O–H groups in total. The largest absolute Gasteiger partial charge is 0.357 e. The average molecular weight is 487 g/mol. The number of aromatic amines is 1. The first-order valence-electron chi connectivity index (χ1n) is 11.7. The smallest absolute Gasteiger partial charge is 0.295 e. The standard InChI is InChI=1S/C25H22FN7O3/c26-18-14-28-24(32-11-8-29-30-32)22-21(18)17(13-27-22)23(35)25(36)31-9-6-16(7-10-31)33-19(12-20(33)34)15-4-2-1-3-5-15/h1-5,8,11,13-14,16,19,27H,6-7,9-10,12H2. The van der Waals surface area contributed by atoms with Gasteiger partial charge in [-0.1, -0.05) is 35.5 Å². The number of carbonyl (C=O) groups excluding carboxylic acids is 3. The Hall–Kier alpha value is -4.41. The second-order valence-electron chi connectivity index (χ2n) is 9.01. The van der Waals surface area contributed by atoms with Crippen LogP contribution >= 0.6 is 0 Å². The fourth-order valence-corrected chi connectivity index (χ4v) is 5.22. The molecule has 2 aliphatic rings. The molecule has 10 nitrogen and oxygen atoms in total. The number of H-pyrrole nitrogens is 1. The third-order valence-corrected chi connectivity index (χ3v) is 7.04. The van der Waals surface area contributed by atoms with E-state index in [9.17, 15) is 18.8 Å². The Kier molecular flexibility index (Phi) is 5.32. The highest BCUT2D eigenvalue weighted by Gasteiger charge is 2.43. The van der Waals surface area contributed by atoms with E-state index in [-0.39, 0.29) is 40.3 Å². The van der Waals surface area contributed by atoms with E-state index in [1.54, 1.807) is 6.20 Å². The van der Waals surface area contributed by atoms with Gasteiger partial charge in [-0.25, -0.2) is 14.1 Å². The van der Waals surface area contributed by atoms with Crippen LogP contribution in [0.1, 0.15) is 41.2 Å². The molecule has 0 aliphatic carbocycles. The van der Waals surface area contributed by atoms with Crippen molar-refractivity contribution < 1.29 is 18.8 Å². The van der Waals surface area contributed by atoms with Crippen molar-refractivity contribution in [3.05, 3.63) is 72.1 Å². The molecule has 0 bridgehead atoms. The van der Waals surface area contributed by atoms with Gasteiger partial charge in [-0.2, -0.15) is 0 Å². The number of amides is 2. The molecule has 11 heteroatoms. The van der Waals surface area contributed by atoms with Gasteiger partial charge in [0.1, 0.15) is 0 Å². The molecule has 1 aromatic carbocycles. The topological polar surface area (TPSA) is 117 Å². The maximum atomic E-state index is 14.7. The van der Waals surface area contributed by atoms with Gasteiger partial charge in [-0.15, -0.1) is 5.10 Å². The minimum absolute atomic E-state index is 0.0115. The maximum absolute atomic E-state index is 14.7. The molecular formula is C25H22FN7O3. The molecule has 1 unspecified atom stereocenters. The molecule has 36 heavy (non-hydrogen) atoms. The number of piperidine rings is 1. The lowest BCUT2D eigenvalue weighted by Gasteiger charge is -2.48. The van der Waals surface area contributed by atoms with Crippen molar-refractivity contribution in [1.82, 2.24) is 34.8 Å². The summed E-state index contributed by atoms with van der Waals surface area (Å²) < 4.78 is 16.1. The van der Waals surface area contributed by atoms with Crippen LogP contribution in [-0.2, 0) is 9.59 Å². The number of Topliss-reactive ketones (excluding diaryl/α,β-unsaturated/α-hetero) is 1. The zero-order chi connectivity index (χ0) is 24.8. The van der Waals surface area contributed by atoms with Crippen LogP contribution in [0.15, 0.2) is 55.1 Å². The summed E-state index contributed by atoms with van der Waals surface area (Å²) in [5.74, 6) is -1.83. The third kappa shape index (κ3) is 3.55. The number of hydrogen-bond donors (Lipinski definition) is 1. The van der Waals surface area contributed by atoms with E-state index < -0.39 is 17.5 Å². The third-order valence-electron chi connectivity index (χ3n) is 7.04. The summed E-state index contributed by atoms with van der Waals surface area (Å²) in [6, 6.07) is 9.97. The number of aromatic nitrogens is 5. The molecule has 3 aromatic heterocycles. The summed E-state index contributed by atoms with van der Waals surface area (Å²) in [7, 11) is 0. The fraction of sp³-hybridized carbons (Fsp3) is 0.280. The second-order valence-corrected chi connectivity index (χ2v) is 9.01. The number of nitrogens with one attached hydrogen (secondary N) is 1. The summed E-state index contributed by atoms with van der Waals surface area (Å²) in [6.45, 7) is 0.689. The minimum Gasteiger partial charge on any atom is -0.357 e. The van der Waals surface area contributed by atoms with Crippen molar-refractivity contribution in [1.29, 1.82) is 0 Å². The number of carbonyl (C=O) groups is 3. The van der Waals surface area contributed by atoms with Gasteiger partial charge < -0.3 is 14.8 Å².